The molecule has 1 aromatic rings. The zero-order chi connectivity index (χ0) is 14.7. The Labute approximate surface area is 128 Å². The number of fused-ring (bicyclic) bond motifs is 1. The van der Waals surface area contributed by atoms with Gasteiger partial charge in [-0.3, -0.25) is 4.90 Å². The van der Waals surface area contributed by atoms with Crippen LogP contribution in [0, 0.1) is 0 Å². The maximum Gasteiger partial charge on any atom is 0.122 e. The monoisotopic (exact) mass is 288 g/mol. The van der Waals surface area contributed by atoms with E-state index in [1.165, 1.54) is 49.8 Å². The van der Waals surface area contributed by atoms with E-state index in [0.29, 0.717) is 12.1 Å². The molecule has 0 bridgehead atoms. The molecular formula is C18H28N2O. The van der Waals surface area contributed by atoms with E-state index in [1.54, 1.807) is 0 Å². The molecule has 0 saturated heterocycles. The van der Waals surface area contributed by atoms with Crippen molar-refractivity contribution in [2.24, 2.45) is 5.73 Å². The van der Waals surface area contributed by atoms with Crippen molar-refractivity contribution in [3.8, 4) is 5.75 Å². The normalized spacial score (nSPS) is 24.9. The van der Waals surface area contributed by atoms with Gasteiger partial charge in [-0.25, -0.2) is 0 Å². The highest BCUT2D eigenvalue weighted by atomic mass is 16.5. The molecule has 1 saturated carbocycles. The molecule has 1 aromatic carbocycles. The number of hydrogen-bond donors (Lipinski definition) is 1. The highest BCUT2D eigenvalue weighted by Crippen LogP contribution is 2.28. The van der Waals surface area contributed by atoms with Gasteiger partial charge in [0.25, 0.3) is 0 Å². The minimum atomic E-state index is 0.432. The molecular weight excluding hydrogens is 260 g/mol. The lowest BCUT2D eigenvalue weighted by molar-refractivity contribution is 0.142. The molecule has 0 aromatic heterocycles. The Bertz CT molecular complexity index is 466. The molecule has 116 valence electrons. The highest BCUT2D eigenvalue weighted by molar-refractivity contribution is 5.39. The summed E-state index contributed by atoms with van der Waals surface area (Å²) in [5.74, 6) is 1.09. The maximum atomic E-state index is 6.05. The second kappa shape index (κ2) is 6.80. The smallest absolute Gasteiger partial charge is 0.122 e. The number of nitrogens with two attached hydrogens (primary N) is 1. The zero-order valence-corrected chi connectivity index (χ0v) is 13.2. The van der Waals surface area contributed by atoms with Crippen LogP contribution in [0.25, 0.3) is 0 Å². The van der Waals surface area contributed by atoms with Crippen molar-refractivity contribution in [1.29, 1.82) is 0 Å². The Morgan fingerprint density at radius 3 is 2.81 bits per heavy atom. The molecule has 1 fully saturated rings. The Kier molecular flexibility index (Phi) is 4.81. The topological polar surface area (TPSA) is 38.5 Å². The summed E-state index contributed by atoms with van der Waals surface area (Å²) in [4.78, 5) is 2.67. The molecule has 1 aliphatic heterocycles. The summed E-state index contributed by atoms with van der Waals surface area (Å²) < 4.78 is 5.61. The van der Waals surface area contributed by atoms with Gasteiger partial charge in [-0.1, -0.05) is 19.1 Å². The first kappa shape index (κ1) is 14.9. The van der Waals surface area contributed by atoms with E-state index >= 15 is 0 Å². The summed E-state index contributed by atoms with van der Waals surface area (Å²) in [5, 5.41) is 0. The number of hydrogen-bond acceptors (Lipinski definition) is 3. The van der Waals surface area contributed by atoms with Gasteiger partial charge in [0.15, 0.2) is 0 Å². The average molecular weight is 288 g/mol. The quantitative estimate of drug-likeness (QED) is 0.905. The molecule has 0 spiro atoms. The van der Waals surface area contributed by atoms with Crippen LogP contribution in [0.4, 0.5) is 0 Å². The molecule has 1 heterocycles. The van der Waals surface area contributed by atoms with Crippen molar-refractivity contribution >= 4 is 0 Å². The SMILES string of the molecule is CCCN(Cc1ccc2c(c1)CCO2)C1CCC(N)CC1. The average Bonchev–Trinajstić information content (AvgIpc) is 2.95. The number of rotatable bonds is 5. The van der Waals surface area contributed by atoms with Gasteiger partial charge in [0, 0.05) is 25.0 Å². The molecule has 2 N–H and O–H groups in total. The van der Waals surface area contributed by atoms with Gasteiger partial charge in [0.1, 0.15) is 5.75 Å². The van der Waals surface area contributed by atoms with Crippen LogP contribution < -0.4 is 10.5 Å². The van der Waals surface area contributed by atoms with Crippen LogP contribution in [0.15, 0.2) is 18.2 Å². The molecule has 3 heteroatoms. The van der Waals surface area contributed by atoms with E-state index in [9.17, 15) is 0 Å². The first-order valence-electron chi connectivity index (χ1n) is 8.50. The fourth-order valence-corrected chi connectivity index (χ4v) is 3.72. The van der Waals surface area contributed by atoms with Gasteiger partial charge in [-0.05, 0) is 55.8 Å². The van der Waals surface area contributed by atoms with E-state index in [2.05, 4.69) is 30.0 Å². The molecule has 0 unspecified atom stereocenters. The van der Waals surface area contributed by atoms with E-state index < -0.39 is 0 Å². The van der Waals surface area contributed by atoms with Gasteiger partial charge in [0.05, 0.1) is 6.61 Å². The Hall–Kier alpha value is -1.06. The standard InChI is InChI=1S/C18H28N2O/c1-2-10-20(17-6-4-16(19)5-7-17)13-14-3-8-18-15(12-14)9-11-21-18/h3,8,12,16-17H,2,4-7,9-11,13,19H2,1H3. The third-order valence-corrected chi connectivity index (χ3v) is 4.91. The third-order valence-electron chi connectivity index (χ3n) is 4.91. The number of benzene rings is 1. The lowest BCUT2D eigenvalue weighted by atomic mass is 9.90. The molecule has 2 aliphatic rings. The van der Waals surface area contributed by atoms with Gasteiger partial charge < -0.3 is 10.5 Å². The third kappa shape index (κ3) is 3.58. The van der Waals surface area contributed by atoms with Crippen molar-refractivity contribution in [2.45, 2.75) is 64.1 Å². The lowest BCUT2D eigenvalue weighted by Gasteiger charge is -2.36. The summed E-state index contributed by atoms with van der Waals surface area (Å²) in [6.07, 6.45) is 7.17. The van der Waals surface area contributed by atoms with Crippen molar-refractivity contribution in [1.82, 2.24) is 4.90 Å². The Balaban J connectivity index is 1.67. The fraction of sp³-hybridized carbons (Fsp3) is 0.667. The Morgan fingerprint density at radius 2 is 2.05 bits per heavy atom. The lowest BCUT2D eigenvalue weighted by Crippen LogP contribution is -2.40. The van der Waals surface area contributed by atoms with Gasteiger partial charge in [0.2, 0.25) is 0 Å². The van der Waals surface area contributed by atoms with Crippen molar-refractivity contribution in [2.75, 3.05) is 13.2 Å². The summed E-state index contributed by atoms with van der Waals surface area (Å²) in [7, 11) is 0. The minimum Gasteiger partial charge on any atom is -0.493 e. The second-order valence-corrected chi connectivity index (χ2v) is 6.58. The predicted molar refractivity (Wildman–Crippen MR) is 86.6 cm³/mol. The van der Waals surface area contributed by atoms with Crippen LogP contribution >= 0.6 is 0 Å². The summed E-state index contributed by atoms with van der Waals surface area (Å²) >= 11 is 0. The molecule has 3 rings (SSSR count). The van der Waals surface area contributed by atoms with E-state index in [-0.39, 0.29) is 0 Å². The van der Waals surface area contributed by atoms with Crippen LogP contribution in [-0.4, -0.2) is 30.1 Å². The molecule has 3 nitrogen and oxygen atoms in total. The minimum absolute atomic E-state index is 0.432. The first-order chi connectivity index (χ1) is 10.3. The van der Waals surface area contributed by atoms with E-state index in [4.69, 9.17) is 10.5 Å². The van der Waals surface area contributed by atoms with Gasteiger partial charge in [-0.15, -0.1) is 0 Å². The summed E-state index contributed by atoms with van der Waals surface area (Å²) in [5.41, 5.74) is 8.87. The van der Waals surface area contributed by atoms with Crippen LogP contribution in [0.2, 0.25) is 0 Å². The summed E-state index contributed by atoms with van der Waals surface area (Å²) in [6, 6.07) is 7.88. The van der Waals surface area contributed by atoms with E-state index in [0.717, 1.165) is 25.3 Å². The second-order valence-electron chi connectivity index (χ2n) is 6.58. The molecule has 21 heavy (non-hydrogen) atoms. The van der Waals surface area contributed by atoms with Crippen LogP contribution in [0.3, 0.4) is 0 Å². The fourth-order valence-electron chi connectivity index (χ4n) is 3.72. The predicted octanol–water partition coefficient (Wildman–Crippen LogP) is 3.10. The van der Waals surface area contributed by atoms with Gasteiger partial charge >= 0.3 is 0 Å². The first-order valence-corrected chi connectivity index (χ1v) is 8.50. The highest BCUT2D eigenvalue weighted by Gasteiger charge is 2.24. The molecule has 0 amide bonds. The molecule has 1 aliphatic carbocycles. The van der Waals surface area contributed by atoms with Crippen LogP contribution in [0.1, 0.15) is 50.2 Å². The van der Waals surface area contributed by atoms with Crippen LogP contribution in [0.5, 0.6) is 5.75 Å². The van der Waals surface area contributed by atoms with Crippen molar-refractivity contribution in [3.05, 3.63) is 29.3 Å². The zero-order valence-electron chi connectivity index (χ0n) is 13.2. The van der Waals surface area contributed by atoms with Crippen molar-refractivity contribution < 1.29 is 4.74 Å². The van der Waals surface area contributed by atoms with Crippen LogP contribution in [-0.2, 0) is 13.0 Å². The maximum absolute atomic E-state index is 6.05. The largest absolute Gasteiger partial charge is 0.493 e. The Morgan fingerprint density at radius 1 is 1.24 bits per heavy atom. The number of nitrogens with zero attached hydrogens (tertiary/aromatic N) is 1. The van der Waals surface area contributed by atoms with Crippen molar-refractivity contribution in [3.63, 3.8) is 0 Å². The van der Waals surface area contributed by atoms with Gasteiger partial charge in [-0.2, -0.15) is 0 Å². The molecule has 0 radical (unpaired) electrons. The molecule has 0 atom stereocenters. The number of ether oxygens (including phenoxy) is 1. The van der Waals surface area contributed by atoms with E-state index in [1.807, 2.05) is 0 Å². The summed E-state index contributed by atoms with van der Waals surface area (Å²) in [6.45, 7) is 5.38.